The molecule has 0 saturated heterocycles. The number of carbonyl (C=O) groups is 2. The summed E-state index contributed by atoms with van der Waals surface area (Å²) < 4.78 is 37.0. The average Bonchev–Trinajstić information content (AvgIpc) is 2.66. The molecule has 0 aliphatic rings. The van der Waals surface area contributed by atoms with Crippen LogP contribution >= 0.6 is 0 Å². The van der Waals surface area contributed by atoms with E-state index in [0.717, 1.165) is 0 Å². The zero-order valence-electron chi connectivity index (χ0n) is 17.3. The molecule has 0 heterocycles. The van der Waals surface area contributed by atoms with Gasteiger partial charge in [0.1, 0.15) is 16.7 Å². The molecular formula is C19H30N2O6S. The van der Waals surface area contributed by atoms with E-state index < -0.39 is 27.9 Å². The minimum atomic E-state index is -3.83. The summed E-state index contributed by atoms with van der Waals surface area (Å²) in [6.07, 6.45) is 0.402. The van der Waals surface area contributed by atoms with Crippen molar-refractivity contribution in [2.75, 3.05) is 27.3 Å². The summed E-state index contributed by atoms with van der Waals surface area (Å²) in [5, 5.41) is 2.63. The van der Waals surface area contributed by atoms with E-state index in [0.29, 0.717) is 6.42 Å². The molecule has 0 aliphatic carbocycles. The standard InChI is InChI=1S/C19H30N2O6S/c1-7-21(8-2)28(24,25)17-12-14(9-10-16(17)26-5)18(22)20-15(11-13(3)4)19(23)27-6/h9-10,12-13,15H,7-8,11H2,1-6H3,(H,20,22). The van der Waals surface area contributed by atoms with E-state index in [1.165, 1.54) is 36.7 Å². The van der Waals surface area contributed by atoms with Crippen molar-refractivity contribution in [3.63, 3.8) is 0 Å². The number of nitrogens with zero attached hydrogens (tertiary/aromatic N) is 1. The normalized spacial score (nSPS) is 12.7. The van der Waals surface area contributed by atoms with Crippen LogP contribution in [0.2, 0.25) is 0 Å². The maximum atomic E-state index is 12.9. The summed E-state index contributed by atoms with van der Waals surface area (Å²) in [6.45, 7) is 7.89. The van der Waals surface area contributed by atoms with Gasteiger partial charge in [-0.15, -0.1) is 0 Å². The van der Waals surface area contributed by atoms with Gasteiger partial charge in [0.05, 0.1) is 14.2 Å². The Bertz CT molecular complexity index is 788. The number of methoxy groups -OCH3 is 2. The van der Waals surface area contributed by atoms with Crippen molar-refractivity contribution in [1.29, 1.82) is 0 Å². The maximum Gasteiger partial charge on any atom is 0.328 e. The maximum absolute atomic E-state index is 12.9. The highest BCUT2D eigenvalue weighted by molar-refractivity contribution is 7.89. The van der Waals surface area contributed by atoms with Crippen molar-refractivity contribution in [2.24, 2.45) is 5.92 Å². The Morgan fingerprint density at radius 3 is 2.21 bits per heavy atom. The van der Waals surface area contributed by atoms with E-state index in [1.807, 2.05) is 13.8 Å². The summed E-state index contributed by atoms with van der Waals surface area (Å²) in [5.41, 5.74) is 0.115. The third kappa shape index (κ3) is 5.68. The molecule has 0 fully saturated rings. The van der Waals surface area contributed by atoms with Gasteiger partial charge in [0.25, 0.3) is 5.91 Å². The lowest BCUT2D eigenvalue weighted by molar-refractivity contribution is -0.143. The van der Waals surface area contributed by atoms with Crippen molar-refractivity contribution >= 4 is 21.9 Å². The third-order valence-electron chi connectivity index (χ3n) is 4.25. The molecule has 0 aromatic heterocycles. The number of esters is 1. The molecule has 1 aromatic carbocycles. The number of ether oxygens (including phenoxy) is 2. The van der Waals surface area contributed by atoms with Crippen LogP contribution < -0.4 is 10.1 Å². The lowest BCUT2D eigenvalue weighted by atomic mass is 10.0. The number of hydrogen-bond acceptors (Lipinski definition) is 6. The molecule has 0 spiro atoms. The minimum Gasteiger partial charge on any atom is -0.495 e. The molecule has 8 nitrogen and oxygen atoms in total. The fourth-order valence-electron chi connectivity index (χ4n) is 2.79. The molecule has 0 aliphatic heterocycles. The fourth-order valence-corrected chi connectivity index (χ4v) is 4.43. The molecule has 1 unspecified atom stereocenters. The minimum absolute atomic E-state index is 0.0928. The van der Waals surface area contributed by atoms with Gasteiger partial charge < -0.3 is 14.8 Å². The van der Waals surface area contributed by atoms with Crippen LogP contribution in [0.4, 0.5) is 0 Å². The molecular weight excluding hydrogens is 384 g/mol. The van der Waals surface area contributed by atoms with Crippen molar-refractivity contribution in [1.82, 2.24) is 9.62 Å². The van der Waals surface area contributed by atoms with Crippen LogP contribution in [-0.4, -0.2) is 58.0 Å². The summed E-state index contributed by atoms with van der Waals surface area (Å²) >= 11 is 0. The first-order valence-electron chi connectivity index (χ1n) is 9.19. The molecule has 1 amide bonds. The first kappa shape index (κ1) is 23.9. The number of amides is 1. The zero-order chi connectivity index (χ0) is 21.5. The molecule has 0 saturated carbocycles. The van der Waals surface area contributed by atoms with Gasteiger partial charge in [-0.3, -0.25) is 4.79 Å². The van der Waals surface area contributed by atoms with Crippen LogP contribution in [0, 0.1) is 5.92 Å². The monoisotopic (exact) mass is 414 g/mol. The predicted octanol–water partition coefficient (Wildman–Crippen LogP) is 2.04. The first-order chi connectivity index (χ1) is 13.1. The Morgan fingerprint density at radius 1 is 1.14 bits per heavy atom. The Morgan fingerprint density at radius 2 is 1.75 bits per heavy atom. The van der Waals surface area contributed by atoms with Crippen LogP contribution in [0.3, 0.4) is 0 Å². The number of nitrogens with one attached hydrogen (secondary N) is 1. The average molecular weight is 415 g/mol. The van der Waals surface area contributed by atoms with E-state index >= 15 is 0 Å². The van der Waals surface area contributed by atoms with Crippen LogP contribution in [0.5, 0.6) is 5.75 Å². The summed E-state index contributed by atoms with van der Waals surface area (Å²) in [4.78, 5) is 24.5. The Balaban J connectivity index is 3.28. The lowest BCUT2D eigenvalue weighted by Crippen LogP contribution is -2.42. The van der Waals surface area contributed by atoms with E-state index in [1.54, 1.807) is 13.8 Å². The van der Waals surface area contributed by atoms with Crippen molar-refractivity contribution < 1.29 is 27.5 Å². The summed E-state index contributed by atoms with van der Waals surface area (Å²) in [5.74, 6) is -0.810. The van der Waals surface area contributed by atoms with Crippen molar-refractivity contribution in [3.05, 3.63) is 23.8 Å². The molecule has 1 N–H and O–H groups in total. The van der Waals surface area contributed by atoms with Gasteiger partial charge in [-0.2, -0.15) is 4.31 Å². The second-order valence-electron chi connectivity index (χ2n) is 6.63. The Labute approximate surface area is 167 Å². The molecule has 0 radical (unpaired) electrons. The van der Waals surface area contributed by atoms with E-state index in [2.05, 4.69) is 5.32 Å². The van der Waals surface area contributed by atoms with Crippen molar-refractivity contribution in [2.45, 2.75) is 45.1 Å². The van der Waals surface area contributed by atoms with Crippen LogP contribution in [-0.2, 0) is 19.6 Å². The molecule has 28 heavy (non-hydrogen) atoms. The van der Waals surface area contributed by atoms with Gasteiger partial charge in [-0.05, 0) is 30.5 Å². The fraction of sp³-hybridized carbons (Fsp3) is 0.579. The Hall–Kier alpha value is -2.13. The number of rotatable bonds is 10. The van der Waals surface area contributed by atoms with Crippen molar-refractivity contribution in [3.8, 4) is 5.75 Å². The highest BCUT2D eigenvalue weighted by Gasteiger charge is 2.28. The molecule has 158 valence electrons. The van der Waals surface area contributed by atoms with E-state index in [9.17, 15) is 18.0 Å². The second kappa shape index (κ2) is 10.4. The number of carbonyl (C=O) groups excluding carboxylic acids is 2. The van der Waals surface area contributed by atoms with E-state index in [-0.39, 0.29) is 35.2 Å². The molecule has 9 heteroatoms. The summed E-state index contributed by atoms with van der Waals surface area (Å²) in [7, 11) is -1.21. The van der Waals surface area contributed by atoms with Crippen LogP contribution in [0.25, 0.3) is 0 Å². The largest absolute Gasteiger partial charge is 0.495 e. The van der Waals surface area contributed by atoms with E-state index in [4.69, 9.17) is 9.47 Å². The number of benzene rings is 1. The summed E-state index contributed by atoms with van der Waals surface area (Å²) in [6, 6.07) is 3.34. The van der Waals surface area contributed by atoms with Gasteiger partial charge >= 0.3 is 5.97 Å². The first-order valence-corrected chi connectivity index (χ1v) is 10.6. The van der Waals surface area contributed by atoms with Gasteiger partial charge in [0.15, 0.2) is 0 Å². The SMILES string of the molecule is CCN(CC)S(=O)(=O)c1cc(C(=O)NC(CC(C)C)C(=O)OC)ccc1OC. The van der Waals surface area contributed by atoms with Gasteiger partial charge in [-0.25, -0.2) is 13.2 Å². The second-order valence-corrected chi connectivity index (χ2v) is 8.54. The third-order valence-corrected chi connectivity index (χ3v) is 6.32. The quantitative estimate of drug-likeness (QED) is 0.588. The molecule has 1 aromatic rings. The molecule has 1 rings (SSSR count). The lowest BCUT2D eigenvalue weighted by Gasteiger charge is -2.21. The topological polar surface area (TPSA) is 102 Å². The predicted molar refractivity (Wildman–Crippen MR) is 106 cm³/mol. The van der Waals surface area contributed by atoms with Gasteiger partial charge in [0.2, 0.25) is 10.0 Å². The smallest absolute Gasteiger partial charge is 0.328 e. The number of hydrogen-bond donors (Lipinski definition) is 1. The molecule has 1 atom stereocenters. The highest BCUT2D eigenvalue weighted by atomic mass is 32.2. The molecule has 0 bridgehead atoms. The van der Waals surface area contributed by atoms with Crippen LogP contribution in [0.1, 0.15) is 44.5 Å². The van der Waals surface area contributed by atoms with Gasteiger partial charge in [0, 0.05) is 18.7 Å². The highest BCUT2D eigenvalue weighted by Crippen LogP contribution is 2.28. The number of sulfonamides is 1. The Kier molecular flexibility index (Phi) is 8.90. The van der Waals surface area contributed by atoms with Gasteiger partial charge in [-0.1, -0.05) is 27.7 Å². The zero-order valence-corrected chi connectivity index (χ0v) is 18.1. The van der Waals surface area contributed by atoms with Crippen LogP contribution in [0.15, 0.2) is 23.1 Å².